The second-order valence-electron chi connectivity index (χ2n) is 8.16. The third kappa shape index (κ3) is 3.91. The van der Waals surface area contributed by atoms with Gasteiger partial charge in [-0.2, -0.15) is 0 Å². The van der Waals surface area contributed by atoms with Crippen molar-refractivity contribution in [2.75, 3.05) is 29.9 Å². The zero-order valence-corrected chi connectivity index (χ0v) is 17.5. The van der Waals surface area contributed by atoms with Crippen molar-refractivity contribution >= 4 is 22.9 Å². The molecule has 4 heteroatoms. The van der Waals surface area contributed by atoms with Crippen molar-refractivity contribution in [2.45, 2.75) is 39.5 Å². The quantitative estimate of drug-likeness (QED) is 0.583. The predicted octanol–water partition coefficient (Wildman–Crippen LogP) is 5.13. The highest BCUT2D eigenvalue weighted by atomic mass is 16.4. The monoisotopic (exact) mass is 378 g/mol. The molecule has 0 bridgehead atoms. The van der Waals surface area contributed by atoms with E-state index in [4.69, 9.17) is 5.11 Å². The Hall–Kier alpha value is -2.75. The number of allylic oxidation sites excluding steroid dienone is 5. The van der Waals surface area contributed by atoms with E-state index in [1.54, 1.807) is 6.92 Å². The highest BCUT2D eigenvalue weighted by molar-refractivity contribution is 5.85. The molecule has 4 nitrogen and oxygen atoms in total. The smallest absolute Gasteiger partial charge is 0.328 e. The summed E-state index contributed by atoms with van der Waals surface area (Å²) in [5.41, 5.74) is 7.20. The number of aliphatic carboxylic acids is 1. The van der Waals surface area contributed by atoms with Gasteiger partial charge in [-0.1, -0.05) is 38.2 Å². The molecule has 0 unspecified atom stereocenters. The Labute approximate surface area is 168 Å². The number of carboxylic acids is 1. The van der Waals surface area contributed by atoms with Crippen LogP contribution >= 0.6 is 0 Å². The van der Waals surface area contributed by atoms with Crippen LogP contribution in [0.5, 0.6) is 0 Å². The first kappa shape index (κ1) is 20.0. The first-order valence-electron chi connectivity index (χ1n) is 9.87. The normalized spacial score (nSPS) is 19.9. The lowest BCUT2D eigenvalue weighted by atomic mass is 9.79. The van der Waals surface area contributed by atoms with E-state index in [1.165, 1.54) is 34.2 Å². The van der Waals surface area contributed by atoms with Crippen LogP contribution in [0.15, 0.2) is 54.3 Å². The van der Waals surface area contributed by atoms with Gasteiger partial charge in [-0.25, -0.2) is 4.79 Å². The molecule has 0 aromatic heterocycles. The molecule has 0 aliphatic carbocycles. The maximum absolute atomic E-state index is 10.8. The van der Waals surface area contributed by atoms with Gasteiger partial charge in [0, 0.05) is 54.8 Å². The molecule has 3 rings (SSSR count). The minimum absolute atomic E-state index is 0.0108. The number of rotatable bonds is 4. The maximum Gasteiger partial charge on any atom is 0.328 e. The molecule has 0 atom stereocenters. The summed E-state index contributed by atoms with van der Waals surface area (Å²) >= 11 is 0. The van der Waals surface area contributed by atoms with Crippen LogP contribution in [0.4, 0.5) is 11.4 Å². The van der Waals surface area contributed by atoms with Crippen molar-refractivity contribution in [3.05, 3.63) is 65.4 Å². The van der Waals surface area contributed by atoms with Crippen LogP contribution in [0, 0.1) is 0 Å². The third-order valence-corrected chi connectivity index (χ3v) is 5.61. The van der Waals surface area contributed by atoms with Crippen molar-refractivity contribution < 1.29 is 9.90 Å². The average molecular weight is 379 g/mol. The zero-order valence-electron chi connectivity index (χ0n) is 17.5. The van der Waals surface area contributed by atoms with Crippen LogP contribution in [0.3, 0.4) is 0 Å². The van der Waals surface area contributed by atoms with Gasteiger partial charge in [-0.15, -0.1) is 0 Å². The van der Waals surface area contributed by atoms with Gasteiger partial charge in [0.25, 0.3) is 0 Å². The first-order valence-corrected chi connectivity index (χ1v) is 9.87. The summed E-state index contributed by atoms with van der Waals surface area (Å²) in [6.45, 7) is 10.4. The lowest BCUT2D eigenvalue weighted by molar-refractivity contribution is -0.131. The van der Waals surface area contributed by atoms with E-state index < -0.39 is 5.97 Å². The standard InChI is InChI=1S/C24H30N2O2/c1-6-26-13-11-24(3,4)20-16-21-19(15-22(20)26)18(10-12-25(21)5)9-7-8-17(2)14-23(27)28/h7-9,11,13-16H,6,10,12H2,1-5H3,(H,27,28)/b8-7+,17-14+,18-9-. The molecule has 2 aliphatic rings. The predicted molar refractivity (Wildman–Crippen MR) is 118 cm³/mol. The zero-order chi connectivity index (χ0) is 20.5. The first-order chi connectivity index (χ1) is 13.2. The van der Waals surface area contributed by atoms with Crippen molar-refractivity contribution in [2.24, 2.45) is 0 Å². The van der Waals surface area contributed by atoms with Crippen LogP contribution in [0.25, 0.3) is 5.57 Å². The number of anilines is 2. The van der Waals surface area contributed by atoms with Crippen LogP contribution in [0.1, 0.15) is 45.2 Å². The molecular formula is C24H30N2O2. The van der Waals surface area contributed by atoms with E-state index in [1.807, 2.05) is 12.2 Å². The summed E-state index contributed by atoms with van der Waals surface area (Å²) in [6.07, 6.45) is 12.6. The largest absolute Gasteiger partial charge is 0.478 e. The molecule has 0 amide bonds. The Morgan fingerprint density at radius 1 is 1.29 bits per heavy atom. The molecule has 0 radical (unpaired) electrons. The van der Waals surface area contributed by atoms with Gasteiger partial charge in [0.15, 0.2) is 0 Å². The van der Waals surface area contributed by atoms with Crippen molar-refractivity contribution in [1.82, 2.24) is 0 Å². The second kappa shape index (κ2) is 7.70. The van der Waals surface area contributed by atoms with E-state index in [0.29, 0.717) is 0 Å². The van der Waals surface area contributed by atoms with Gasteiger partial charge in [0.05, 0.1) is 0 Å². The van der Waals surface area contributed by atoms with Crippen LogP contribution in [0.2, 0.25) is 0 Å². The number of nitrogens with zero attached hydrogens (tertiary/aromatic N) is 2. The van der Waals surface area contributed by atoms with E-state index >= 15 is 0 Å². The molecule has 0 saturated heterocycles. The van der Waals surface area contributed by atoms with Gasteiger partial charge < -0.3 is 14.9 Å². The highest BCUT2D eigenvalue weighted by Gasteiger charge is 2.30. The summed E-state index contributed by atoms with van der Waals surface area (Å²) in [7, 11) is 2.15. The van der Waals surface area contributed by atoms with E-state index in [9.17, 15) is 4.79 Å². The topological polar surface area (TPSA) is 43.8 Å². The Morgan fingerprint density at radius 2 is 2.04 bits per heavy atom. The van der Waals surface area contributed by atoms with Crippen LogP contribution < -0.4 is 9.80 Å². The van der Waals surface area contributed by atoms with Gasteiger partial charge in [-0.3, -0.25) is 0 Å². The molecular weight excluding hydrogens is 348 g/mol. The van der Waals surface area contributed by atoms with E-state index in [0.717, 1.165) is 25.1 Å². The maximum atomic E-state index is 10.8. The number of hydrogen-bond donors (Lipinski definition) is 1. The number of hydrogen-bond acceptors (Lipinski definition) is 3. The molecule has 0 spiro atoms. The summed E-state index contributed by atoms with van der Waals surface area (Å²) in [6, 6.07) is 4.68. The van der Waals surface area contributed by atoms with E-state index in [2.05, 4.69) is 68.1 Å². The highest BCUT2D eigenvalue weighted by Crippen LogP contribution is 2.45. The molecule has 1 N–H and O–H groups in total. The summed E-state index contributed by atoms with van der Waals surface area (Å²) in [4.78, 5) is 15.4. The molecule has 1 aromatic carbocycles. The van der Waals surface area contributed by atoms with Crippen molar-refractivity contribution in [3.8, 4) is 0 Å². The van der Waals surface area contributed by atoms with Crippen LogP contribution in [-0.4, -0.2) is 31.2 Å². The minimum atomic E-state index is -0.915. The van der Waals surface area contributed by atoms with E-state index in [-0.39, 0.29) is 5.41 Å². The molecule has 0 fully saturated rings. The molecule has 0 saturated carbocycles. The summed E-state index contributed by atoms with van der Waals surface area (Å²) < 4.78 is 0. The molecule has 148 valence electrons. The fraction of sp³-hybridized carbons (Fsp3) is 0.375. The number of fused-ring (bicyclic) bond motifs is 2. The summed E-state index contributed by atoms with van der Waals surface area (Å²) in [5.74, 6) is -0.915. The second-order valence-corrected chi connectivity index (χ2v) is 8.16. The molecule has 2 heterocycles. The third-order valence-electron chi connectivity index (χ3n) is 5.61. The SMILES string of the molecule is CCN1C=CC(C)(C)c2cc3c(cc21)\C(=C/C=C/C(C)=C/C(=O)O)CCN3C. The molecule has 1 aromatic rings. The number of benzene rings is 1. The molecule has 28 heavy (non-hydrogen) atoms. The van der Waals surface area contributed by atoms with Crippen LogP contribution in [-0.2, 0) is 10.2 Å². The minimum Gasteiger partial charge on any atom is -0.478 e. The fourth-order valence-corrected chi connectivity index (χ4v) is 3.90. The van der Waals surface area contributed by atoms with Crippen molar-refractivity contribution in [1.29, 1.82) is 0 Å². The van der Waals surface area contributed by atoms with Gasteiger partial charge in [0.1, 0.15) is 0 Å². The van der Waals surface area contributed by atoms with Gasteiger partial charge in [-0.05, 0) is 49.1 Å². The average Bonchev–Trinajstić information content (AvgIpc) is 2.62. The van der Waals surface area contributed by atoms with Gasteiger partial charge in [0.2, 0.25) is 0 Å². The number of carboxylic acid groups (broad SMARTS) is 1. The Bertz CT molecular complexity index is 903. The Balaban J connectivity index is 2.05. The lowest BCUT2D eigenvalue weighted by Crippen LogP contribution is -2.30. The van der Waals surface area contributed by atoms with Gasteiger partial charge >= 0.3 is 5.97 Å². The Morgan fingerprint density at radius 3 is 2.71 bits per heavy atom. The van der Waals surface area contributed by atoms with Crippen molar-refractivity contribution in [3.63, 3.8) is 0 Å². The Kier molecular flexibility index (Phi) is 5.50. The molecule has 2 aliphatic heterocycles. The lowest BCUT2D eigenvalue weighted by Gasteiger charge is -2.38. The summed E-state index contributed by atoms with van der Waals surface area (Å²) in [5, 5.41) is 8.85. The number of carbonyl (C=O) groups is 1. The fourth-order valence-electron chi connectivity index (χ4n) is 3.90.